The molecule has 0 radical (unpaired) electrons. The van der Waals surface area contributed by atoms with Crippen LogP contribution in [0.3, 0.4) is 0 Å². The van der Waals surface area contributed by atoms with E-state index in [1.807, 2.05) is 0 Å². The van der Waals surface area contributed by atoms with E-state index in [0.29, 0.717) is 12.3 Å². The van der Waals surface area contributed by atoms with E-state index >= 15 is 0 Å². The van der Waals surface area contributed by atoms with Gasteiger partial charge in [-0.05, 0) is 38.9 Å². The van der Waals surface area contributed by atoms with Gasteiger partial charge in [0.2, 0.25) is 5.91 Å². The Balaban J connectivity index is 1.93. The van der Waals surface area contributed by atoms with Crippen molar-refractivity contribution in [3.8, 4) is 0 Å². The molecular formula is C11H21ClN2O. The third-order valence-corrected chi connectivity index (χ3v) is 2.93. The van der Waals surface area contributed by atoms with Crippen LogP contribution < -0.4 is 5.32 Å². The highest BCUT2D eigenvalue weighted by Crippen LogP contribution is 2.08. The summed E-state index contributed by atoms with van der Waals surface area (Å²) in [6.07, 6.45) is 5.53. The van der Waals surface area contributed by atoms with Gasteiger partial charge in [0.15, 0.2) is 0 Å². The fourth-order valence-electron chi connectivity index (χ4n) is 1.89. The van der Waals surface area contributed by atoms with E-state index in [1.165, 1.54) is 32.4 Å². The first kappa shape index (κ1) is 12.8. The number of nitrogens with one attached hydrogen (secondary N) is 1. The maximum absolute atomic E-state index is 11.1. The highest BCUT2D eigenvalue weighted by molar-refractivity contribution is 6.18. The number of halogens is 1. The van der Waals surface area contributed by atoms with Gasteiger partial charge in [-0.25, -0.2) is 0 Å². The van der Waals surface area contributed by atoms with Gasteiger partial charge in [-0.3, -0.25) is 4.79 Å². The Morgan fingerprint density at radius 2 is 2.00 bits per heavy atom. The topological polar surface area (TPSA) is 32.3 Å². The van der Waals surface area contributed by atoms with Crippen LogP contribution >= 0.6 is 11.6 Å². The third-order valence-electron chi connectivity index (χ3n) is 2.74. The summed E-state index contributed by atoms with van der Waals surface area (Å²) in [5.74, 6) is 0.487. The van der Waals surface area contributed by atoms with Gasteiger partial charge < -0.3 is 10.2 Å². The van der Waals surface area contributed by atoms with Crippen LogP contribution in [0.15, 0.2) is 0 Å². The van der Waals surface area contributed by atoms with Gasteiger partial charge in [-0.15, -0.1) is 11.6 Å². The monoisotopic (exact) mass is 232 g/mol. The van der Waals surface area contributed by atoms with E-state index in [-0.39, 0.29) is 5.91 Å². The first-order chi connectivity index (χ1) is 7.33. The van der Waals surface area contributed by atoms with E-state index in [4.69, 9.17) is 11.6 Å². The normalized spacial score (nSPS) is 17.7. The van der Waals surface area contributed by atoms with Crippen LogP contribution in [-0.4, -0.2) is 42.9 Å². The molecule has 0 atom stereocenters. The van der Waals surface area contributed by atoms with Crippen molar-refractivity contribution in [1.82, 2.24) is 10.2 Å². The molecule has 0 aromatic heterocycles. The minimum atomic E-state index is 0.0728. The van der Waals surface area contributed by atoms with Crippen LogP contribution in [0.4, 0.5) is 0 Å². The lowest BCUT2D eigenvalue weighted by atomic mass is 10.1. The molecule has 3 nitrogen and oxygen atoms in total. The second-order valence-corrected chi connectivity index (χ2v) is 4.42. The number of nitrogens with zero attached hydrogens (tertiary/aromatic N) is 1. The highest BCUT2D eigenvalue weighted by Gasteiger charge is 2.08. The van der Waals surface area contributed by atoms with Crippen LogP contribution in [0, 0.1) is 0 Å². The molecule has 0 aromatic carbocycles. The van der Waals surface area contributed by atoms with E-state index in [0.717, 1.165) is 19.5 Å². The summed E-state index contributed by atoms with van der Waals surface area (Å²) in [5, 5.41) is 2.87. The zero-order chi connectivity index (χ0) is 10.9. The zero-order valence-corrected chi connectivity index (χ0v) is 10.1. The Morgan fingerprint density at radius 1 is 1.27 bits per heavy atom. The quantitative estimate of drug-likeness (QED) is 0.558. The lowest BCUT2D eigenvalue weighted by Gasteiger charge is -2.26. The summed E-state index contributed by atoms with van der Waals surface area (Å²) < 4.78 is 0. The molecule has 1 rings (SSSR count). The minimum Gasteiger partial charge on any atom is -0.356 e. The highest BCUT2D eigenvalue weighted by atomic mass is 35.5. The number of hydrogen-bond acceptors (Lipinski definition) is 2. The Bertz CT molecular complexity index is 181. The summed E-state index contributed by atoms with van der Waals surface area (Å²) in [5.41, 5.74) is 0. The van der Waals surface area contributed by atoms with Crippen molar-refractivity contribution in [1.29, 1.82) is 0 Å². The van der Waals surface area contributed by atoms with Crippen molar-refractivity contribution in [2.45, 2.75) is 32.1 Å². The zero-order valence-electron chi connectivity index (χ0n) is 9.30. The number of likely N-dealkylation sites (tertiary alicyclic amines) is 1. The molecule has 0 saturated carbocycles. The number of piperidine rings is 1. The molecule has 0 aliphatic carbocycles. The molecule has 1 aliphatic heterocycles. The second kappa shape index (κ2) is 7.94. The van der Waals surface area contributed by atoms with E-state index in [2.05, 4.69) is 10.2 Å². The number of amides is 1. The summed E-state index contributed by atoms with van der Waals surface area (Å²) in [6.45, 7) is 4.36. The summed E-state index contributed by atoms with van der Waals surface area (Å²) in [7, 11) is 0. The molecule has 1 heterocycles. The molecule has 0 spiro atoms. The van der Waals surface area contributed by atoms with Crippen molar-refractivity contribution in [3.05, 3.63) is 0 Å². The van der Waals surface area contributed by atoms with E-state index in [9.17, 15) is 4.79 Å². The molecule has 0 bridgehead atoms. The lowest BCUT2D eigenvalue weighted by molar-refractivity contribution is -0.120. The SMILES string of the molecule is O=C(CCCl)NCCCN1CCCCC1. The summed E-state index contributed by atoms with van der Waals surface area (Å²) in [4.78, 5) is 13.6. The Kier molecular flexibility index (Phi) is 6.77. The first-order valence-electron chi connectivity index (χ1n) is 5.88. The van der Waals surface area contributed by atoms with Crippen molar-refractivity contribution in [3.63, 3.8) is 0 Å². The average Bonchev–Trinajstić information content (AvgIpc) is 2.26. The molecule has 0 aromatic rings. The van der Waals surface area contributed by atoms with E-state index < -0.39 is 0 Å². The molecular weight excluding hydrogens is 212 g/mol. The lowest BCUT2D eigenvalue weighted by Crippen LogP contribution is -2.33. The van der Waals surface area contributed by atoms with Gasteiger partial charge in [0.05, 0.1) is 0 Å². The molecule has 1 fully saturated rings. The number of hydrogen-bond donors (Lipinski definition) is 1. The molecule has 15 heavy (non-hydrogen) atoms. The Labute approximate surface area is 97.2 Å². The third kappa shape index (κ3) is 6.00. The van der Waals surface area contributed by atoms with Gasteiger partial charge in [0, 0.05) is 18.8 Å². The van der Waals surface area contributed by atoms with Crippen LogP contribution in [0.1, 0.15) is 32.1 Å². The van der Waals surface area contributed by atoms with Gasteiger partial charge in [0.25, 0.3) is 0 Å². The average molecular weight is 233 g/mol. The maximum Gasteiger partial charge on any atom is 0.221 e. The van der Waals surface area contributed by atoms with Crippen LogP contribution in [-0.2, 0) is 4.79 Å². The number of carbonyl (C=O) groups excluding carboxylic acids is 1. The standard InChI is InChI=1S/C11H21ClN2O/c12-6-5-11(15)13-7-4-10-14-8-2-1-3-9-14/h1-10H2,(H,13,15). The molecule has 0 unspecified atom stereocenters. The van der Waals surface area contributed by atoms with Crippen molar-refractivity contribution >= 4 is 17.5 Å². The van der Waals surface area contributed by atoms with Crippen molar-refractivity contribution in [2.75, 3.05) is 32.1 Å². The Morgan fingerprint density at radius 3 is 2.67 bits per heavy atom. The van der Waals surface area contributed by atoms with Gasteiger partial charge in [-0.1, -0.05) is 6.42 Å². The number of rotatable bonds is 6. The van der Waals surface area contributed by atoms with Crippen LogP contribution in [0.25, 0.3) is 0 Å². The molecule has 1 N–H and O–H groups in total. The molecule has 1 aliphatic rings. The van der Waals surface area contributed by atoms with Crippen molar-refractivity contribution < 1.29 is 4.79 Å². The fraction of sp³-hybridized carbons (Fsp3) is 0.909. The van der Waals surface area contributed by atoms with E-state index in [1.54, 1.807) is 0 Å². The van der Waals surface area contributed by atoms with Gasteiger partial charge in [0.1, 0.15) is 0 Å². The Hall–Kier alpha value is -0.280. The second-order valence-electron chi connectivity index (χ2n) is 4.04. The molecule has 1 saturated heterocycles. The van der Waals surface area contributed by atoms with Crippen LogP contribution in [0.5, 0.6) is 0 Å². The summed E-state index contributed by atoms with van der Waals surface area (Å²) in [6, 6.07) is 0. The summed E-state index contributed by atoms with van der Waals surface area (Å²) >= 11 is 5.46. The molecule has 4 heteroatoms. The molecule has 88 valence electrons. The van der Waals surface area contributed by atoms with Crippen molar-refractivity contribution in [2.24, 2.45) is 0 Å². The molecule has 1 amide bonds. The number of carbonyl (C=O) groups is 1. The predicted molar refractivity (Wildman–Crippen MR) is 63.3 cm³/mol. The largest absolute Gasteiger partial charge is 0.356 e. The smallest absolute Gasteiger partial charge is 0.221 e. The first-order valence-corrected chi connectivity index (χ1v) is 6.41. The predicted octanol–water partition coefficient (Wildman–Crippen LogP) is 1.61. The van der Waals surface area contributed by atoms with Crippen LogP contribution in [0.2, 0.25) is 0 Å². The minimum absolute atomic E-state index is 0.0728. The van der Waals surface area contributed by atoms with Gasteiger partial charge >= 0.3 is 0 Å². The van der Waals surface area contributed by atoms with Gasteiger partial charge in [-0.2, -0.15) is 0 Å². The number of alkyl halides is 1. The fourth-order valence-corrected chi connectivity index (χ4v) is 2.06. The maximum atomic E-state index is 11.1.